The summed E-state index contributed by atoms with van der Waals surface area (Å²) >= 11 is 0. The molecule has 0 saturated heterocycles. The van der Waals surface area contributed by atoms with Gasteiger partial charge >= 0.3 is 0 Å². The van der Waals surface area contributed by atoms with Gasteiger partial charge in [0.2, 0.25) is 5.91 Å². The van der Waals surface area contributed by atoms with Crippen molar-refractivity contribution in [2.45, 2.75) is 25.3 Å². The Morgan fingerprint density at radius 2 is 2.00 bits per heavy atom. The summed E-state index contributed by atoms with van der Waals surface area (Å²) in [6.07, 6.45) is 7.18. The van der Waals surface area contributed by atoms with Gasteiger partial charge in [0.15, 0.2) is 0 Å². The molecule has 3 heteroatoms. The second-order valence-corrected chi connectivity index (χ2v) is 3.92. The fourth-order valence-corrected chi connectivity index (χ4v) is 2.19. The van der Waals surface area contributed by atoms with Crippen LogP contribution in [0.15, 0.2) is 12.2 Å². The minimum Gasteiger partial charge on any atom is -0.335 e. The van der Waals surface area contributed by atoms with E-state index in [1.54, 1.807) is 0 Å². The standard InChI is InChI=1S/C10H16N2O/c11-9-5-3-4-8(9)10(13)12-6-1-2-7-12/h1-2,8-9H,3-7,11H2. The lowest BCUT2D eigenvalue weighted by Crippen LogP contribution is -2.40. The van der Waals surface area contributed by atoms with Crippen LogP contribution in [0.5, 0.6) is 0 Å². The first-order valence-corrected chi connectivity index (χ1v) is 4.98. The molecule has 3 nitrogen and oxygen atoms in total. The molecular weight excluding hydrogens is 164 g/mol. The number of hydrogen-bond donors (Lipinski definition) is 1. The molecular formula is C10H16N2O. The van der Waals surface area contributed by atoms with Crippen LogP contribution in [0.25, 0.3) is 0 Å². The average molecular weight is 180 g/mol. The maximum Gasteiger partial charge on any atom is 0.227 e. The lowest BCUT2D eigenvalue weighted by Gasteiger charge is -2.22. The van der Waals surface area contributed by atoms with E-state index in [1.165, 1.54) is 0 Å². The number of rotatable bonds is 1. The summed E-state index contributed by atoms with van der Waals surface area (Å²) < 4.78 is 0. The van der Waals surface area contributed by atoms with E-state index in [9.17, 15) is 4.79 Å². The highest BCUT2D eigenvalue weighted by molar-refractivity contribution is 5.80. The molecule has 0 aromatic carbocycles. The highest BCUT2D eigenvalue weighted by Gasteiger charge is 2.33. The first kappa shape index (κ1) is 8.75. The number of hydrogen-bond acceptors (Lipinski definition) is 2. The van der Waals surface area contributed by atoms with Gasteiger partial charge in [-0.2, -0.15) is 0 Å². The fourth-order valence-electron chi connectivity index (χ4n) is 2.19. The Labute approximate surface area is 78.6 Å². The maximum atomic E-state index is 11.9. The van der Waals surface area contributed by atoms with Gasteiger partial charge < -0.3 is 10.6 Å². The minimum absolute atomic E-state index is 0.0971. The van der Waals surface area contributed by atoms with Crippen LogP contribution < -0.4 is 5.73 Å². The third-order valence-electron chi connectivity index (χ3n) is 3.02. The number of amides is 1. The van der Waals surface area contributed by atoms with Crippen molar-refractivity contribution in [2.75, 3.05) is 13.1 Å². The van der Waals surface area contributed by atoms with E-state index in [4.69, 9.17) is 5.73 Å². The van der Waals surface area contributed by atoms with Crippen LogP contribution in [-0.4, -0.2) is 29.9 Å². The summed E-state index contributed by atoms with van der Waals surface area (Å²) in [7, 11) is 0. The first-order chi connectivity index (χ1) is 6.29. The Morgan fingerprint density at radius 3 is 2.54 bits per heavy atom. The van der Waals surface area contributed by atoms with Gasteiger partial charge in [-0.3, -0.25) is 4.79 Å². The van der Waals surface area contributed by atoms with Crippen molar-refractivity contribution in [1.29, 1.82) is 0 Å². The van der Waals surface area contributed by atoms with Crippen molar-refractivity contribution < 1.29 is 4.79 Å². The van der Waals surface area contributed by atoms with Crippen LogP contribution in [0.2, 0.25) is 0 Å². The molecule has 0 bridgehead atoms. The van der Waals surface area contributed by atoms with E-state index >= 15 is 0 Å². The second kappa shape index (κ2) is 3.50. The molecule has 2 unspecified atom stereocenters. The molecule has 2 rings (SSSR count). The van der Waals surface area contributed by atoms with Crippen LogP contribution in [-0.2, 0) is 4.79 Å². The summed E-state index contributed by atoms with van der Waals surface area (Å²) in [5.74, 6) is 0.356. The summed E-state index contributed by atoms with van der Waals surface area (Å²) in [6, 6.07) is 0.105. The van der Waals surface area contributed by atoms with Gasteiger partial charge in [0.1, 0.15) is 0 Å². The van der Waals surface area contributed by atoms with E-state index in [0.717, 1.165) is 32.4 Å². The average Bonchev–Trinajstić information content (AvgIpc) is 2.72. The normalized spacial score (nSPS) is 32.8. The maximum absolute atomic E-state index is 11.9. The first-order valence-electron chi connectivity index (χ1n) is 4.98. The molecule has 1 aliphatic heterocycles. The van der Waals surface area contributed by atoms with Gasteiger partial charge in [-0.05, 0) is 12.8 Å². The van der Waals surface area contributed by atoms with Crippen LogP contribution in [0.4, 0.5) is 0 Å². The van der Waals surface area contributed by atoms with E-state index in [2.05, 4.69) is 0 Å². The smallest absolute Gasteiger partial charge is 0.227 e. The van der Waals surface area contributed by atoms with Gasteiger partial charge in [-0.1, -0.05) is 18.6 Å². The van der Waals surface area contributed by atoms with Crippen LogP contribution in [0, 0.1) is 5.92 Å². The Balaban J connectivity index is 1.96. The SMILES string of the molecule is NC1CCCC1C(=O)N1CC=CC1. The number of nitrogens with two attached hydrogens (primary N) is 1. The third-order valence-corrected chi connectivity index (χ3v) is 3.02. The molecule has 2 N–H and O–H groups in total. The summed E-state index contributed by atoms with van der Waals surface area (Å²) in [5.41, 5.74) is 5.88. The highest BCUT2D eigenvalue weighted by atomic mass is 16.2. The quantitative estimate of drug-likeness (QED) is 0.598. The molecule has 0 aromatic rings. The lowest BCUT2D eigenvalue weighted by atomic mass is 10.0. The fraction of sp³-hybridized carbons (Fsp3) is 0.700. The lowest BCUT2D eigenvalue weighted by molar-refractivity contribution is -0.134. The largest absolute Gasteiger partial charge is 0.335 e. The van der Waals surface area contributed by atoms with Crippen LogP contribution in [0.1, 0.15) is 19.3 Å². The van der Waals surface area contributed by atoms with Gasteiger partial charge in [-0.15, -0.1) is 0 Å². The molecule has 0 aromatic heterocycles. The molecule has 2 aliphatic rings. The zero-order chi connectivity index (χ0) is 9.26. The molecule has 13 heavy (non-hydrogen) atoms. The number of nitrogens with zero attached hydrogens (tertiary/aromatic N) is 1. The Bertz CT molecular complexity index is 229. The van der Waals surface area contributed by atoms with Gasteiger partial charge in [-0.25, -0.2) is 0 Å². The topological polar surface area (TPSA) is 46.3 Å². The molecule has 1 amide bonds. The van der Waals surface area contributed by atoms with Gasteiger partial charge in [0.25, 0.3) is 0 Å². The Kier molecular flexibility index (Phi) is 2.36. The number of carbonyl (C=O) groups excluding carboxylic acids is 1. The second-order valence-electron chi connectivity index (χ2n) is 3.92. The summed E-state index contributed by atoms with van der Waals surface area (Å²) in [6.45, 7) is 1.56. The van der Waals surface area contributed by atoms with Crippen LogP contribution >= 0.6 is 0 Å². The van der Waals surface area contributed by atoms with E-state index in [0.29, 0.717) is 0 Å². The summed E-state index contributed by atoms with van der Waals surface area (Å²) in [4.78, 5) is 13.7. The van der Waals surface area contributed by atoms with E-state index < -0.39 is 0 Å². The molecule has 0 spiro atoms. The molecule has 1 aliphatic carbocycles. The predicted molar refractivity (Wildman–Crippen MR) is 51.0 cm³/mol. The molecule has 0 radical (unpaired) electrons. The molecule has 1 fully saturated rings. The zero-order valence-electron chi connectivity index (χ0n) is 7.78. The molecule has 72 valence electrons. The van der Waals surface area contributed by atoms with Crippen molar-refractivity contribution in [3.8, 4) is 0 Å². The van der Waals surface area contributed by atoms with Crippen molar-refractivity contribution >= 4 is 5.91 Å². The minimum atomic E-state index is 0.0971. The third kappa shape index (κ3) is 1.61. The predicted octanol–water partition coefficient (Wildman–Crippen LogP) is 0.512. The number of carbonyl (C=O) groups is 1. The van der Waals surface area contributed by atoms with Gasteiger partial charge in [0, 0.05) is 19.1 Å². The Hall–Kier alpha value is -0.830. The van der Waals surface area contributed by atoms with Crippen molar-refractivity contribution in [2.24, 2.45) is 11.7 Å². The Morgan fingerprint density at radius 1 is 1.31 bits per heavy atom. The molecule has 2 atom stereocenters. The van der Waals surface area contributed by atoms with Crippen molar-refractivity contribution in [1.82, 2.24) is 4.90 Å². The molecule has 1 heterocycles. The highest BCUT2D eigenvalue weighted by Crippen LogP contribution is 2.26. The van der Waals surface area contributed by atoms with Crippen LogP contribution in [0.3, 0.4) is 0 Å². The van der Waals surface area contributed by atoms with E-state index in [-0.39, 0.29) is 17.9 Å². The monoisotopic (exact) mass is 180 g/mol. The van der Waals surface area contributed by atoms with Gasteiger partial charge in [0.05, 0.1) is 5.92 Å². The molecule has 1 saturated carbocycles. The van der Waals surface area contributed by atoms with Crippen molar-refractivity contribution in [3.63, 3.8) is 0 Å². The van der Waals surface area contributed by atoms with E-state index in [1.807, 2.05) is 17.1 Å². The summed E-state index contributed by atoms with van der Waals surface area (Å²) in [5, 5.41) is 0. The zero-order valence-corrected chi connectivity index (χ0v) is 7.78. The van der Waals surface area contributed by atoms with Crippen molar-refractivity contribution in [3.05, 3.63) is 12.2 Å².